The summed E-state index contributed by atoms with van der Waals surface area (Å²) in [4.78, 5) is 29.7. The van der Waals surface area contributed by atoms with Gasteiger partial charge in [-0.1, -0.05) is 30.3 Å². The first kappa shape index (κ1) is 14.3. The van der Waals surface area contributed by atoms with Crippen molar-refractivity contribution in [3.8, 4) is 11.3 Å². The molecule has 0 bridgehead atoms. The number of nitrogens with zero attached hydrogens (tertiary/aromatic N) is 2. The fourth-order valence-corrected chi connectivity index (χ4v) is 2.56. The van der Waals surface area contributed by atoms with Crippen LogP contribution in [0.25, 0.3) is 11.3 Å². The molecular formula is C17H17N3O2. The van der Waals surface area contributed by atoms with Crippen LogP contribution in [0.15, 0.2) is 48.7 Å². The van der Waals surface area contributed by atoms with Gasteiger partial charge in [-0.25, -0.2) is 0 Å². The van der Waals surface area contributed by atoms with Crippen LogP contribution in [-0.2, 0) is 9.59 Å². The van der Waals surface area contributed by atoms with Gasteiger partial charge in [-0.15, -0.1) is 0 Å². The third-order valence-electron chi connectivity index (χ3n) is 3.81. The van der Waals surface area contributed by atoms with Crippen molar-refractivity contribution < 1.29 is 9.59 Å². The predicted molar refractivity (Wildman–Crippen MR) is 84.0 cm³/mol. The summed E-state index contributed by atoms with van der Waals surface area (Å²) in [6, 6.07) is 13.4. The van der Waals surface area contributed by atoms with Gasteiger partial charge in [0.05, 0.1) is 11.6 Å². The Hall–Kier alpha value is -2.69. The number of pyridine rings is 1. The van der Waals surface area contributed by atoms with Crippen LogP contribution in [-0.4, -0.2) is 35.3 Å². The molecule has 1 N–H and O–H groups in total. The predicted octanol–water partition coefficient (Wildman–Crippen LogP) is 2.17. The molecule has 1 aliphatic heterocycles. The molecule has 1 aliphatic rings. The SMILES string of the molecule is CN1CC(C(=O)Nc2ccnc(-c3ccccc3)c2)CC1=O. The lowest BCUT2D eigenvalue weighted by Gasteiger charge is -2.11. The van der Waals surface area contributed by atoms with Gasteiger partial charge in [-0.2, -0.15) is 0 Å². The van der Waals surface area contributed by atoms with Crippen molar-refractivity contribution in [2.24, 2.45) is 5.92 Å². The van der Waals surface area contributed by atoms with E-state index in [1.54, 1.807) is 24.2 Å². The second kappa shape index (κ2) is 5.97. The van der Waals surface area contributed by atoms with Crippen LogP contribution in [0.4, 0.5) is 5.69 Å². The Morgan fingerprint density at radius 3 is 2.73 bits per heavy atom. The molecule has 5 heteroatoms. The average Bonchev–Trinajstić information content (AvgIpc) is 2.88. The van der Waals surface area contributed by atoms with Gasteiger partial charge >= 0.3 is 0 Å². The van der Waals surface area contributed by atoms with E-state index in [-0.39, 0.29) is 24.2 Å². The molecule has 2 heterocycles. The zero-order chi connectivity index (χ0) is 15.5. The van der Waals surface area contributed by atoms with Crippen molar-refractivity contribution in [2.45, 2.75) is 6.42 Å². The number of anilines is 1. The highest BCUT2D eigenvalue weighted by atomic mass is 16.2. The summed E-state index contributed by atoms with van der Waals surface area (Å²) in [6.45, 7) is 0.474. The first-order chi connectivity index (χ1) is 10.6. The number of rotatable bonds is 3. The number of aromatic nitrogens is 1. The van der Waals surface area contributed by atoms with Gasteiger partial charge in [-0.3, -0.25) is 14.6 Å². The molecule has 0 aliphatic carbocycles. The van der Waals surface area contributed by atoms with Crippen LogP contribution in [0.5, 0.6) is 0 Å². The highest BCUT2D eigenvalue weighted by Crippen LogP contribution is 2.22. The first-order valence-electron chi connectivity index (χ1n) is 7.20. The number of likely N-dealkylation sites (tertiary alicyclic amines) is 1. The minimum absolute atomic E-state index is 0.0138. The van der Waals surface area contributed by atoms with Gasteiger partial charge in [0.15, 0.2) is 0 Å². The van der Waals surface area contributed by atoms with E-state index in [1.165, 1.54) is 0 Å². The molecule has 0 radical (unpaired) electrons. The van der Waals surface area contributed by atoms with E-state index in [0.29, 0.717) is 12.2 Å². The molecule has 112 valence electrons. The molecule has 2 aromatic rings. The summed E-state index contributed by atoms with van der Waals surface area (Å²) in [6.07, 6.45) is 1.95. The van der Waals surface area contributed by atoms with Crippen molar-refractivity contribution >= 4 is 17.5 Å². The Labute approximate surface area is 129 Å². The summed E-state index contributed by atoms with van der Waals surface area (Å²) in [5.74, 6) is -0.395. The molecule has 0 spiro atoms. The smallest absolute Gasteiger partial charge is 0.229 e. The van der Waals surface area contributed by atoms with Crippen LogP contribution >= 0.6 is 0 Å². The number of carbonyl (C=O) groups excluding carboxylic acids is 2. The summed E-state index contributed by atoms with van der Waals surface area (Å²) in [5.41, 5.74) is 2.49. The van der Waals surface area contributed by atoms with Crippen molar-refractivity contribution in [1.82, 2.24) is 9.88 Å². The molecule has 0 saturated carbocycles. The Bertz CT molecular complexity index is 700. The lowest BCUT2D eigenvalue weighted by atomic mass is 10.1. The van der Waals surface area contributed by atoms with E-state index in [9.17, 15) is 9.59 Å². The van der Waals surface area contributed by atoms with Crippen LogP contribution < -0.4 is 5.32 Å². The second-order valence-electron chi connectivity index (χ2n) is 5.46. The molecule has 22 heavy (non-hydrogen) atoms. The van der Waals surface area contributed by atoms with Crippen molar-refractivity contribution in [3.63, 3.8) is 0 Å². The topological polar surface area (TPSA) is 62.3 Å². The largest absolute Gasteiger partial charge is 0.345 e. The minimum atomic E-state index is -0.286. The van der Waals surface area contributed by atoms with Crippen molar-refractivity contribution in [1.29, 1.82) is 0 Å². The number of benzene rings is 1. The summed E-state index contributed by atoms with van der Waals surface area (Å²) >= 11 is 0. The molecule has 1 unspecified atom stereocenters. The third kappa shape index (κ3) is 2.98. The maximum absolute atomic E-state index is 12.2. The minimum Gasteiger partial charge on any atom is -0.345 e. The van der Waals surface area contributed by atoms with Gasteiger partial charge in [0.2, 0.25) is 11.8 Å². The van der Waals surface area contributed by atoms with Crippen LogP contribution in [0, 0.1) is 5.92 Å². The zero-order valence-electron chi connectivity index (χ0n) is 12.3. The fourth-order valence-electron chi connectivity index (χ4n) is 2.56. The van der Waals surface area contributed by atoms with Crippen LogP contribution in [0.2, 0.25) is 0 Å². The summed E-state index contributed by atoms with van der Waals surface area (Å²) < 4.78 is 0. The number of hydrogen-bond donors (Lipinski definition) is 1. The monoisotopic (exact) mass is 295 g/mol. The summed E-state index contributed by atoms with van der Waals surface area (Å²) in [7, 11) is 1.72. The lowest BCUT2D eigenvalue weighted by Crippen LogP contribution is -2.25. The van der Waals surface area contributed by atoms with Gasteiger partial charge in [0.25, 0.3) is 0 Å². The number of hydrogen-bond acceptors (Lipinski definition) is 3. The second-order valence-corrected chi connectivity index (χ2v) is 5.46. The molecule has 1 fully saturated rings. The molecule has 3 rings (SSSR count). The Balaban J connectivity index is 1.73. The van der Waals surface area contributed by atoms with E-state index in [4.69, 9.17) is 0 Å². The number of amides is 2. The van der Waals surface area contributed by atoms with Gasteiger partial charge in [-0.05, 0) is 12.1 Å². The third-order valence-corrected chi connectivity index (χ3v) is 3.81. The molecule has 1 saturated heterocycles. The van der Waals surface area contributed by atoms with Crippen molar-refractivity contribution in [2.75, 3.05) is 18.9 Å². The number of nitrogens with one attached hydrogen (secondary N) is 1. The summed E-state index contributed by atoms with van der Waals surface area (Å²) in [5, 5.41) is 2.88. The molecule has 1 atom stereocenters. The molecule has 2 amide bonds. The Morgan fingerprint density at radius 2 is 2.05 bits per heavy atom. The Morgan fingerprint density at radius 1 is 1.27 bits per heavy atom. The standard InChI is InChI=1S/C17H17N3O2/c1-20-11-13(9-16(20)21)17(22)19-14-7-8-18-15(10-14)12-5-3-2-4-6-12/h2-8,10,13H,9,11H2,1H3,(H,18,19,22). The van der Waals surface area contributed by atoms with E-state index in [0.717, 1.165) is 11.3 Å². The van der Waals surface area contributed by atoms with E-state index >= 15 is 0 Å². The highest BCUT2D eigenvalue weighted by molar-refractivity contribution is 5.97. The van der Waals surface area contributed by atoms with E-state index in [2.05, 4.69) is 10.3 Å². The van der Waals surface area contributed by atoms with Gasteiger partial charge < -0.3 is 10.2 Å². The maximum atomic E-state index is 12.2. The van der Waals surface area contributed by atoms with Crippen molar-refractivity contribution in [3.05, 3.63) is 48.7 Å². The number of carbonyl (C=O) groups is 2. The highest BCUT2D eigenvalue weighted by Gasteiger charge is 2.32. The molecule has 5 nitrogen and oxygen atoms in total. The molecule has 1 aromatic carbocycles. The van der Waals surface area contributed by atoms with Crippen LogP contribution in [0.1, 0.15) is 6.42 Å². The molecular weight excluding hydrogens is 278 g/mol. The van der Waals surface area contributed by atoms with E-state index < -0.39 is 0 Å². The average molecular weight is 295 g/mol. The lowest BCUT2D eigenvalue weighted by molar-refractivity contribution is -0.127. The quantitative estimate of drug-likeness (QED) is 0.944. The van der Waals surface area contributed by atoms with Gasteiger partial charge in [0.1, 0.15) is 0 Å². The van der Waals surface area contributed by atoms with Crippen LogP contribution in [0.3, 0.4) is 0 Å². The Kier molecular flexibility index (Phi) is 3.87. The maximum Gasteiger partial charge on any atom is 0.229 e. The fraction of sp³-hybridized carbons (Fsp3) is 0.235. The normalized spacial score (nSPS) is 17.6. The first-order valence-corrected chi connectivity index (χ1v) is 7.20. The van der Waals surface area contributed by atoms with Gasteiger partial charge in [0, 0.05) is 37.5 Å². The molecule has 1 aromatic heterocycles. The zero-order valence-corrected chi connectivity index (χ0v) is 12.3. The van der Waals surface area contributed by atoms with E-state index in [1.807, 2.05) is 36.4 Å².